The summed E-state index contributed by atoms with van der Waals surface area (Å²) < 4.78 is 5.08. The lowest BCUT2D eigenvalue weighted by atomic mass is 9.70. The Morgan fingerprint density at radius 1 is 1.43 bits per heavy atom. The van der Waals surface area contributed by atoms with Gasteiger partial charge in [-0.2, -0.15) is 0 Å². The topological polar surface area (TPSA) is 136 Å². The second-order valence-corrected chi connectivity index (χ2v) is 8.22. The van der Waals surface area contributed by atoms with Crippen LogP contribution in [0.5, 0.6) is 0 Å². The third-order valence-electron chi connectivity index (χ3n) is 5.91. The fourth-order valence-corrected chi connectivity index (χ4v) is 3.35. The minimum atomic E-state index is -1.13. The van der Waals surface area contributed by atoms with Gasteiger partial charge in [0.25, 0.3) is 11.8 Å². The third-order valence-corrected chi connectivity index (χ3v) is 5.91. The van der Waals surface area contributed by atoms with Crippen molar-refractivity contribution in [3.05, 3.63) is 12.7 Å². The van der Waals surface area contributed by atoms with Gasteiger partial charge in [0.15, 0.2) is 0 Å². The molecule has 5 atom stereocenters. The Morgan fingerprint density at radius 3 is 2.64 bits per heavy atom. The molecule has 156 valence electrons. The summed E-state index contributed by atoms with van der Waals surface area (Å²) in [7, 11) is 0. The summed E-state index contributed by atoms with van der Waals surface area (Å²) in [4.78, 5) is 52.5. The average molecular weight is 396 g/mol. The molecule has 1 aliphatic heterocycles. The normalized spacial score (nSPS) is 26.6. The Kier molecular flexibility index (Phi) is 6.48. The summed E-state index contributed by atoms with van der Waals surface area (Å²) in [6, 6.07) is -1.11. The van der Waals surface area contributed by atoms with Crippen LogP contribution in [0.1, 0.15) is 46.5 Å². The number of carboxylic acid groups (broad SMARTS) is 1. The highest BCUT2D eigenvalue weighted by atomic mass is 16.8. The molecule has 2 fully saturated rings. The number of nitrogens with zero attached hydrogens (tertiary/aromatic N) is 1. The molecule has 0 bridgehead atoms. The number of carboxylic acids is 1. The summed E-state index contributed by atoms with van der Waals surface area (Å²) in [5.41, 5.74) is 4.96. The van der Waals surface area contributed by atoms with Crippen LogP contribution < -0.4 is 5.73 Å². The van der Waals surface area contributed by atoms with E-state index in [4.69, 9.17) is 20.4 Å². The van der Waals surface area contributed by atoms with Crippen molar-refractivity contribution >= 4 is 23.9 Å². The van der Waals surface area contributed by atoms with Crippen LogP contribution in [-0.2, 0) is 24.0 Å². The quantitative estimate of drug-likeness (QED) is 0.342. The second-order valence-electron chi connectivity index (χ2n) is 8.22. The van der Waals surface area contributed by atoms with Gasteiger partial charge in [-0.25, -0.2) is 4.79 Å². The zero-order chi connectivity index (χ0) is 21.2. The minimum absolute atomic E-state index is 0.114. The molecular formula is C19H28N2O7. The number of carbonyl (C=O) groups is 4. The molecule has 28 heavy (non-hydrogen) atoms. The molecule has 1 saturated carbocycles. The average Bonchev–Trinajstić information content (AvgIpc) is 3.28. The van der Waals surface area contributed by atoms with Gasteiger partial charge in [-0.15, -0.1) is 6.58 Å². The third kappa shape index (κ3) is 4.70. The highest BCUT2D eigenvalue weighted by molar-refractivity contribution is 6.03. The van der Waals surface area contributed by atoms with E-state index in [0.717, 1.165) is 0 Å². The molecule has 1 aliphatic carbocycles. The smallest absolute Gasteiger partial charge is 0.480 e. The molecule has 0 aromatic carbocycles. The highest BCUT2D eigenvalue weighted by Crippen LogP contribution is 2.39. The SMILES string of the molecule is C=CC[C@@H]1C[C@H]1OC(=O)ON1C(=O)CC(C[C@H](C)C(C)(C)[C@H](N)C(=O)O)C1=O. The number of amides is 2. The van der Waals surface area contributed by atoms with Crippen molar-refractivity contribution in [2.75, 3.05) is 0 Å². The van der Waals surface area contributed by atoms with Gasteiger partial charge < -0.3 is 15.6 Å². The first-order valence-electron chi connectivity index (χ1n) is 9.33. The van der Waals surface area contributed by atoms with Gasteiger partial charge in [0.05, 0.1) is 5.92 Å². The van der Waals surface area contributed by atoms with Crippen LogP contribution in [0.4, 0.5) is 4.79 Å². The number of hydroxylamine groups is 2. The summed E-state index contributed by atoms with van der Waals surface area (Å²) >= 11 is 0. The molecule has 9 nitrogen and oxygen atoms in total. The van der Waals surface area contributed by atoms with Crippen molar-refractivity contribution < 1.29 is 33.9 Å². The van der Waals surface area contributed by atoms with E-state index in [1.54, 1.807) is 26.8 Å². The number of aliphatic carboxylic acids is 1. The van der Waals surface area contributed by atoms with E-state index in [9.17, 15) is 19.2 Å². The molecule has 1 unspecified atom stereocenters. The number of hydrogen-bond donors (Lipinski definition) is 2. The molecule has 2 amide bonds. The Morgan fingerprint density at radius 2 is 2.07 bits per heavy atom. The van der Waals surface area contributed by atoms with E-state index in [1.165, 1.54) is 0 Å². The van der Waals surface area contributed by atoms with Crippen molar-refractivity contribution in [2.24, 2.45) is 28.9 Å². The van der Waals surface area contributed by atoms with Crippen LogP contribution in [0.3, 0.4) is 0 Å². The summed E-state index contributed by atoms with van der Waals surface area (Å²) in [5.74, 6) is -3.16. The summed E-state index contributed by atoms with van der Waals surface area (Å²) in [6.45, 7) is 8.81. The number of rotatable bonds is 9. The fraction of sp³-hybridized carbons (Fsp3) is 0.684. The summed E-state index contributed by atoms with van der Waals surface area (Å²) in [5, 5.41) is 9.61. The van der Waals surface area contributed by atoms with Crippen LogP contribution in [0.2, 0.25) is 0 Å². The zero-order valence-electron chi connectivity index (χ0n) is 16.4. The maximum Gasteiger partial charge on any atom is 0.534 e. The monoisotopic (exact) mass is 396 g/mol. The van der Waals surface area contributed by atoms with Gasteiger partial charge in [-0.05, 0) is 30.6 Å². The zero-order valence-corrected chi connectivity index (χ0v) is 16.4. The summed E-state index contributed by atoms with van der Waals surface area (Å²) in [6.07, 6.45) is 1.91. The largest absolute Gasteiger partial charge is 0.534 e. The molecule has 2 rings (SSSR count). The van der Waals surface area contributed by atoms with Gasteiger partial charge in [-0.1, -0.05) is 31.9 Å². The van der Waals surface area contributed by atoms with E-state index >= 15 is 0 Å². The number of nitrogens with two attached hydrogens (primary N) is 1. The Hall–Kier alpha value is -2.42. The minimum Gasteiger partial charge on any atom is -0.480 e. The lowest BCUT2D eigenvalue weighted by Gasteiger charge is -2.36. The van der Waals surface area contributed by atoms with E-state index in [0.29, 0.717) is 17.9 Å². The number of carbonyl (C=O) groups excluding carboxylic acids is 3. The van der Waals surface area contributed by atoms with Crippen LogP contribution >= 0.6 is 0 Å². The molecule has 2 aliphatic rings. The van der Waals surface area contributed by atoms with Crippen molar-refractivity contribution in [3.8, 4) is 0 Å². The maximum atomic E-state index is 12.5. The van der Waals surface area contributed by atoms with Gasteiger partial charge in [0, 0.05) is 12.3 Å². The van der Waals surface area contributed by atoms with Crippen molar-refractivity contribution in [2.45, 2.75) is 58.6 Å². The molecule has 0 radical (unpaired) electrons. The van der Waals surface area contributed by atoms with E-state index in [-0.39, 0.29) is 30.8 Å². The highest BCUT2D eigenvalue weighted by Gasteiger charge is 2.47. The van der Waals surface area contributed by atoms with Gasteiger partial charge in [-0.3, -0.25) is 19.2 Å². The van der Waals surface area contributed by atoms with Crippen LogP contribution in [0.25, 0.3) is 0 Å². The van der Waals surface area contributed by atoms with Crippen LogP contribution in [0.15, 0.2) is 12.7 Å². The molecule has 1 heterocycles. The van der Waals surface area contributed by atoms with Crippen molar-refractivity contribution in [1.29, 1.82) is 0 Å². The Labute approximate surface area is 163 Å². The lowest BCUT2D eigenvalue weighted by molar-refractivity contribution is -0.178. The Bertz CT molecular complexity index is 675. The van der Waals surface area contributed by atoms with Crippen LogP contribution in [0, 0.1) is 23.2 Å². The first-order chi connectivity index (χ1) is 13.0. The van der Waals surface area contributed by atoms with E-state index in [1.807, 2.05) is 0 Å². The fourth-order valence-electron chi connectivity index (χ4n) is 3.35. The van der Waals surface area contributed by atoms with E-state index in [2.05, 4.69) is 6.58 Å². The number of allylic oxidation sites excluding steroid dienone is 1. The molecule has 3 N–H and O–H groups in total. The molecule has 0 aromatic rings. The number of ether oxygens (including phenoxy) is 1. The molecule has 1 saturated heterocycles. The number of hydrogen-bond acceptors (Lipinski definition) is 7. The van der Waals surface area contributed by atoms with Crippen molar-refractivity contribution in [1.82, 2.24) is 5.06 Å². The van der Waals surface area contributed by atoms with Gasteiger partial charge in [0.1, 0.15) is 12.1 Å². The number of imide groups is 1. The van der Waals surface area contributed by atoms with E-state index < -0.39 is 41.3 Å². The van der Waals surface area contributed by atoms with Crippen molar-refractivity contribution in [3.63, 3.8) is 0 Å². The van der Waals surface area contributed by atoms with Crippen LogP contribution in [-0.4, -0.2) is 46.3 Å². The second kappa shape index (κ2) is 8.30. The molecule has 0 aromatic heterocycles. The predicted molar refractivity (Wildman–Crippen MR) is 97.4 cm³/mol. The first kappa shape index (κ1) is 21.9. The van der Waals surface area contributed by atoms with Gasteiger partial charge >= 0.3 is 12.1 Å². The standard InChI is InChI=1S/C19H28N2O7/c1-5-6-11-8-13(11)27-18(26)28-21-14(22)9-12(16(21)23)7-10(2)19(3,4)15(20)17(24)25/h5,10-13,15H,1,6-9,20H2,2-4H3,(H,24,25)/t10-,11+,12?,13+,15+/m0/s1. The first-order valence-corrected chi connectivity index (χ1v) is 9.33. The molecule has 0 spiro atoms. The molecule has 9 heteroatoms. The predicted octanol–water partition coefficient (Wildman–Crippen LogP) is 1.86. The van der Waals surface area contributed by atoms with Gasteiger partial charge in [0.2, 0.25) is 0 Å². The maximum absolute atomic E-state index is 12.5. The lowest BCUT2D eigenvalue weighted by Crippen LogP contribution is -2.48. The molecular weight excluding hydrogens is 368 g/mol. The Balaban J connectivity index is 1.91.